The molecule has 0 aliphatic carbocycles. The van der Waals surface area contributed by atoms with Gasteiger partial charge in [-0.1, -0.05) is 35.3 Å². The van der Waals surface area contributed by atoms with Crippen molar-refractivity contribution in [2.75, 3.05) is 13.1 Å². The summed E-state index contributed by atoms with van der Waals surface area (Å²) in [5.41, 5.74) is 3.07. The van der Waals surface area contributed by atoms with E-state index in [0.717, 1.165) is 17.1 Å². The van der Waals surface area contributed by atoms with Gasteiger partial charge in [0.2, 0.25) is 0 Å². The van der Waals surface area contributed by atoms with Crippen LogP contribution in [0, 0.1) is 18.3 Å². The molecule has 2 aliphatic heterocycles. The Morgan fingerprint density at radius 3 is 2.46 bits per heavy atom. The van der Waals surface area contributed by atoms with Crippen molar-refractivity contribution in [2.24, 2.45) is 10.9 Å². The number of halogens is 2. The molecule has 7 heteroatoms. The van der Waals surface area contributed by atoms with Crippen LogP contribution in [-0.4, -0.2) is 35.5 Å². The first-order valence-corrected chi connectivity index (χ1v) is 12.4. The van der Waals surface area contributed by atoms with E-state index in [1.807, 2.05) is 31.2 Å². The van der Waals surface area contributed by atoms with Gasteiger partial charge in [0.15, 0.2) is 5.78 Å². The zero-order chi connectivity index (χ0) is 24.9. The second-order valence-corrected chi connectivity index (χ2v) is 9.75. The quantitative estimate of drug-likeness (QED) is 0.528. The standard InChI is InChI=1S/C28H27Cl2N3O2/c1-3-4-20-9-14-26(34)24-17-33(28(35)21-7-12-23(30)13-8-21)16-15-25(24)32-27(20)31-18(2)19-5-10-22(29)11-6-19/h1,5-8,10-13,18,20H,4,9,14-17H2,2H3,(H,31,32). The van der Waals surface area contributed by atoms with Crippen molar-refractivity contribution in [3.63, 3.8) is 0 Å². The van der Waals surface area contributed by atoms with E-state index in [1.54, 1.807) is 29.2 Å². The molecule has 0 saturated heterocycles. The highest BCUT2D eigenvalue weighted by atomic mass is 35.5. The highest BCUT2D eigenvalue weighted by Crippen LogP contribution is 2.28. The predicted octanol–water partition coefficient (Wildman–Crippen LogP) is 5.85. The molecule has 2 unspecified atom stereocenters. The van der Waals surface area contributed by atoms with E-state index in [-0.39, 0.29) is 30.2 Å². The van der Waals surface area contributed by atoms with Crippen molar-refractivity contribution in [1.29, 1.82) is 0 Å². The average Bonchev–Trinajstić information content (AvgIpc) is 2.86. The van der Waals surface area contributed by atoms with Gasteiger partial charge in [-0.3, -0.25) is 14.6 Å². The van der Waals surface area contributed by atoms with Gasteiger partial charge in [0.1, 0.15) is 5.84 Å². The largest absolute Gasteiger partial charge is 0.347 e. The molecule has 35 heavy (non-hydrogen) atoms. The molecule has 180 valence electrons. The van der Waals surface area contributed by atoms with Crippen molar-refractivity contribution in [3.8, 4) is 12.3 Å². The molecule has 2 aromatic rings. The summed E-state index contributed by atoms with van der Waals surface area (Å²) in [5.74, 6) is 3.43. The van der Waals surface area contributed by atoms with Crippen molar-refractivity contribution >= 4 is 40.7 Å². The molecule has 2 atom stereocenters. The van der Waals surface area contributed by atoms with E-state index in [4.69, 9.17) is 34.6 Å². The molecule has 0 aromatic heterocycles. The van der Waals surface area contributed by atoms with Crippen LogP contribution in [0.3, 0.4) is 0 Å². The summed E-state index contributed by atoms with van der Waals surface area (Å²) in [6, 6.07) is 14.3. The normalized spacial score (nSPS) is 20.4. The van der Waals surface area contributed by atoms with Crippen LogP contribution in [-0.2, 0) is 4.79 Å². The molecular weight excluding hydrogens is 481 g/mol. The number of hydrogen-bond donors (Lipinski definition) is 1. The third kappa shape index (κ3) is 5.96. The first-order chi connectivity index (χ1) is 16.9. The van der Waals surface area contributed by atoms with E-state index >= 15 is 0 Å². The molecule has 2 heterocycles. The van der Waals surface area contributed by atoms with Crippen LogP contribution in [0.1, 0.15) is 54.6 Å². The Morgan fingerprint density at radius 1 is 1.14 bits per heavy atom. The zero-order valence-electron chi connectivity index (χ0n) is 19.6. The highest BCUT2D eigenvalue weighted by molar-refractivity contribution is 6.30. The van der Waals surface area contributed by atoms with Crippen LogP contribution in [0.25, 0.3) is 0 Å². The number of carbonyl (C=O) groups excluding carboxylic acids is 2. The second-order valence-electron chi connectivity index (χ2n) is 8.87. The van der Waals surface area contributed by atoms with Gasteiger partial charge in [0, 0.05) is 58.6 Å². The summed E-state index contributed by atoms with van der Waals surface area (Å²) in [4.78, 5) is 32.9. The number of amidine groups is 1. The SMILES string of the molecule is C#CCC1CCC(=O)C2=C(CCN(C(=O)c3ccc(Cl)cc3)C2)NC1=NC(C)c1ccc(Cl)cc1. The lowest BCUT2D eigenvalue weighted by molar-refractivity contribution is -0.116. The summed E-state index contributed by atoms with van der Waals surface area (Å²) in [7, 11) is 0. The number of aliphatic imine (C=N–C) groups is 1. The second kappa shape index (κ2) is 11.1. The Balaban J connectivity index is 1.61. The maximum atomic E-state index is 13.1. The molecule has 0 fully saturated rings. The van der Waals surface area contributed by atoms with Crippen molar-refractivity contribution < 1.29 is 9.59 Å². The van der Waals surface area contributed by atoms with Gasteiger partial charge >= 0.3 is 0 Å². The molecule has 2 aromatic carbocycles. The molecule has 1 N–H and O–H groups in total. The molecule has 2 aliphatic rings. The number of terminal acetylenes is 1. The van der Waals surface area contributed by atoms with Gasteiger partial charge in [0.05, 0.1) is 12.6 Å². The summed E-state index contributed by atoms with van der Waals surface area (Å²) < 4.78 is 0. The summed E-state index contributed by atoms with van der Waals surface area (Å²) >= 11 is 12.0. The Labute approximate surface area is 216 Å². The molecule has 0 saturated carbocycles. The number of carbonyl (C=O) groups is 2. The minimum absolute atomic E-state index is 0.0403. The molecular formula is C28H27Cl2N3O2. The fraction of sp³-hybridized carbons (Fsp3) is 0.321. The first-order valence-electron chi connectivity index (χ1n) is 11.7. The van der Waals surface area contributed by atoms with Crippen LogP contribution < -0.4 is 5.32 Å². The van der Waals surface area contributed by atoms with Gasteiger partial charge in [0.25, 0.3) is 5.91 Å². The van der Waals surface area contributed by atoms with Gasteiger partial charge in [-0.15, -0.1) is 12.3 Å². The molecule has 0 spiro atoms. The lowest BCUT2D eigenvalue weighted by Gasteiger charge is -2.34. The summed E-state index contributed by atoms with van der Waals surface area (Å²) in [6.07, 6.45) is 7.66. The van der Waals surface area contributed by atoms with Gasteiger partial charge in [-0.05, 0) is 55.3 Å². The maximum absolute atomic E-state index is 13.1. The Hall–Kier alpha value is -3.07. The monoisotopic (exact) mass is 507 g/mol. The van der Waals surface area contributed by atoms with Crippen molar-refractivity contribution in [1.82, 2.24) is 10.2 Å². The lowest BCUT2D eigenvalue weighted by Crippen LogP contribution is -2.44. The minimum atomic E-state index is -0.112. The Kier molecular flexibility index (Phi) is 7.95. The van der Waals surface area contributed by atoms with Crippen LogP contribution in [0.4, 0.5) is 0 Å². The summed E-state index contributed by atoms with van der Waals surface area (Å²) in [5, 5.41) is 4.73. The van der Waals surface area contributed by atoms with Gasteiger partial charge in [-0.25, -0.2) is 0 Å². The molecule has 0 radical (unpaired) electrons. The minimum Gasteiger partial charge on any atom is -0.347 e. The average molecular weight is 508 g/mol. The van der Waals surface area contributed by atoms with E-state index < -0.39 is 0 Å². The van der Waals surface area contributed by atoms with Crippen LogP contribution in [0.15, 0.2) is 64.8 Å². The molecule has 0 bridgehead atoms. The number of Topliss-reactive ketones (excluding diaryl/α,β-unsaturated/α-hetero) is 1. The fourth-order valence-corrected chi connectivity index (χ4v) is 4.71. The Bertz CT molecular complexity index is 1210. The third-order valence-electron chi connectivity index (χ3n) is 6.49. The van der Waals surface area contributed by atoms with Crippen LogP contribution in [0.2, 0.25) is 10.0 Å². The third-order valence-corrected chi connectivity index (χ3v) is 7.00. The molecule has 1 amide bonds. The number of ketones is 1. The van der Waals surface area contributed by atoms with E-state index in [2.05, 4.69) is 11.2 Å². The zero-order valence-corrected chi connectivity index (χ0v) is 21.1. The number of benzene rings is 2. The summed E-state index contributed by atoms with van der Waals surface area (Å²) in [6.45, 7) is 2.79. The number of nitrogens with zero attached hydrogens (tertiary/aromatic N) is 2. The predicted molar refractivity (Wildman–Crippen MR) is 141 cm³/mol. The number of hydrogen-bond acceptors (Lipinski definition) is 3. The molecule has 5 nitrogen and oxygen atoms in total. The highest BCUT2D eigenvalue weighted by Gasteiger charge is 2.31. The van der Waals surface area contributed by atoms with Crippen LogP contribution >= 0.6 is 23.2 Å². The number of amides is 1. The van der Waals surface area contributed by atoms with Gasteiger partial charge in [-0.2, -0.15) is 0 Å². The van der Waals surface area contributed by atoms with Crippen LogP contribution in [0.5, 0.6) is 0 Å². The number of rotatable bonds is 4. The smallest absolute Gasteiger partial charge is 0.254 e. The van der Waals surface area contributed by atoms with Crippen molar-refractivity contribution in [2.45, 2.75) is 38.6 Å². The fourth-order valence-electron chi connectivity index (χ4n) is 4.46. The topological polar surface area (TPSA) is 61.8 Å². The molecule has 4 rings (SSSR count). The number of nitrogens with one attached hydrogen (secondary N) is 1. The van der Waals surface area contributed by atoms with E-state index in [1.165, 1.54) is 0 Å². The lowest BCUT2D eigenvalue weighted by atomic mass is 9.89. The van der Waals surface area contributed by atoms with E-state index in [9.17, 15) is 9.59 Å². The maximum Gasteiger partial charge on any atom is 0.254 e. The van der Waals surface area contributed by atoms with E-state index in [0.29, 0.717) is 53.4 Å². The first kappa shape index (κ1) is 25.0. The Morgan fingerprint density at radius 2 is 1.80 bits per heavy atom. The van der Waals surface area contributed by atoms with Crippen molar-refractivity contribution in [3.05, 3.63) is 81.0 Å². The van der Waals surface area contributed by atoms with Gasteiger partial charge < -0.3 is 10.2 Å².